The number of hydrogen-bond acceptors (Lipinski definition) is 17. The standard InChI is InChI=1S/C36H30O17/c37-12-5-14(39)24(15(40)6-12)28-26-17(42)9-18(43)27(36(26)53-35(32(28)50)11-3-21(46)31(49)22(47)4-11)29-25-16(41)7-13(38)8-23(25)52-34(33(29)51)10-1-19(44)30(48)20(45)2-10/h1-9,28-29,32-35,37-51H/t28-,29+,32+,33+,34+,35+/m0/s1. The quantitative estimate of drug-likeness (QED) is 0.118. The van der Waals surface area contributed by atoms with Crippen LogP contribution in [-0.4, -0.2) is 88.8 Å². The number of hydrogen-bond donors (Lipinski definition) is 15. The average Bonchev–Trinajstić information content (AvgIpc) is 3.06. The van der Waals surface area contributed by atoms with Crippen molar-refractivity contribution >= 4 is 0 Å². The van der Waals surface area contributed by atoms with Gasteiger partial charge < -0.3 is 86.1 Å². The number of aliphatic hydroxyl groups excluding tert-OH is 2. The van der Waals surface area contributed by atoms with E-state index in [9.17, 15) is 76.6 Å². The topological polar surface area (TPSA) is 322 Å². The summed E-state index contributed by atoms with van der Waals surface area (Å²) in [6, 6.07) is 8.02. The summed E-state index contributed by atoms with van der Waals surface area (Å²) in [5.41, 5.74) is -2.03. The molecule has 0 bridgehead atoms. The summed E-state index contributed by atoms with van der Waals surface area (Å²) in [5, 5.41) is 162. The Morgan fingerprint density at radius 3 is 1.17 bits per heavy atom. The number of phenolic OH excluding ortho intramolecular Hbond substituents is 13. The van der Waals surface area contributed by atoms with E-state index in [1.807, 2.05) is 0 Å². The summed E-state index contributed by atoms with van der Waals surface area (Å²) in [5.74, 6) is -14.5. The molecule has 15 N–H and O–H groups in total. The Labute approximate surface area is 296 Å². The Morgan fingerprint density at radius 1 is 0.358 bits per heavy atom. The molecule has 5 aromatic carbocycles. The van der Waals surface area contributed by atoms with Gasteiger partial charge in [0.2, 0.25) is 0 Å². The molecule has 17 nitrogen and oxygen atoms in total. The molecule has 0 spiro atoms. The number of aromatic hydroxyl groups is 13. The van der Waals surface area contributed by atoms with Gasteiger partial charge in [0.05, 0.1) is 11.8 Å². The molecule has 6 atom stereocenters. The molecule has 0 saturated carbocycles. The number of ether oxygens (including phenoxy) is 2. The van der Waals surface area contributed by atoms with E-state index in [1.165, 1.54) is 0 Å². The molecule has 0 aromatic heterocycles. The number of phenols is 13. The third kappa shape index (κ3) is 5.33. The SMILES string of the molecule is Oc1cc(O)c([C@H]2c3c(O)cc(O)c([C@H]4c5c(O)cc(O)cc5O[C@H](c5cc(O)c(O)c(O)c5)[C@@H]4O)c3O[C@H](c3cc(O)c(O)c(O)c3)[C@@H]2O)c(O)c1. The molecule has 0 unspecified atom stereocenters. The monoisotopic (exact) mass is 734 g/mol. The van der Waals surface area contributed by atoms with Crippen molar-refractivity contribution in [1.29, 1.82) is 0 Å². The van der Waals surface area contributed by atoms with Crippen molar-refractivity contribution in [3.8, 4) is 86.2 Å². The van der Waals surface area contributed by atoms with Crippen LogP contribution in [-0.2, 0) is 0 Å². The minimum absolute atomic E-state index is 0.156. The van der Waals surface area contributed by atoms with Gasteiger partial charge in [0.1, 0.15) is 64.0 Å². The highest BCUT2D eigenvalue weighted by atomic mass is 16.5. The van der Waals surface area contributed by atoms with Gasteiger partial charge in [-0.25, -0.2) is 0 Å². The van der Waals surface area contributed by atoms with Crippen LogP contribution in [0.2, 0.25) is 0 Å². The Bertz CT molecular complexity index is 2250. The second-order valence-electron chi connectivity index (χ2n) is 12.7. The average molecular weight is 735 g/mol. The summed E-state index contributed by atoms with van der Waals surface area (Å²) in [6.07, 6.45) is -7.27. The van der Waals surface area contributed by atoms with E-state index >= 15 is 0 Å². The normalized spacial score (nSPS) is 21.9. The van der Waals surface area contributed by atoms with Crippen LogP contribution in [0.5, 0.6) is 86.2 Å². The maximum Gasteiger partial charge on any atom is 0.200 e. The molecule has 0 amide bonds. The van der Waals surface area contributed by atoms with Gasteiger partial charge in [-0.2, -0.15) is 0 Å². The number of fused-ring (bicyclic) bond motifs is 2. The predicted molar refractivity (Wildman–Crippen MR) is 176 cm³/mol. The van der Waals surface area contributed by atoms with E-state index in [-0.39, 0.29) is 22.4 Å². The Balaban J connectivity index is 1.54. The minimum atomic E-state index is -1.96. The van der Waals surface area contributed by atoms with Gasteiger partial charge in [-0.15, -0.1) is 0 Å². The zero-order chi connectivity index (χ0) is 38.4. The van der Waals surface area contributed by atoms with Crippen LogP contribution < -0.4 is 9.47 Å². The fourth-order valence-electron chi connectivity index (χ4n) is 7.16. The Morgan fingerprint density at radius 2 is 0.717 bits per heavy atom. The first-order valence-electron chi connectivity index (χ1n) is 15.6. The van der Waals surface area contributed by atoms with Crippen molar-refractivity contribution in [3.63, 3.8) is 0 Å². The van der Waals surface area contributed by atoms with Crippen molar-refractivity contribution in [3.05, 3.63) is 88.0 Å². The first-order valence-corrected chi connectivity index (χ1v) is 15.6. The van der Waals surface area contributed by atoms with Gasteiger partial charge in [0.25, 0.3) is 0 Å². The molecule has 0 fully saturated rings. The lowest BCUT2D eigenvalue weighted by Crippen LogP contribution is -2.38. The smallest absolute Gasteiger partial charge is 0.200 e. The fourth-order valence-corrected chi connectivity index (χ4v) is 7.16. The molecule has 276 valence electrons. The van der Waals surface area contributed by atoms with Crippen molar-refractivity contribution < 1.29 is 86.1 Å². The van der Waals surface area contributed by atoms with E-state index in [2.05, 4.69) is 0 Å². The molecule has 17 heteroatoms. The number of rotatable bonds is 4. The van der Waals surface area contributed by atoms with Crippen LogP contribution in [0.15, 0.2) is 54.6 Å². The molecule has 5 aromatic rings. The predicted octanol–water partition coefficient (Wildman–Crippen LogP) is 3.11. The lowest BCUT2D eigenvalue weighted by molar-refractivity contribution is -0.00365. The van der Waals surface area contributed by atoms with E-state index in [4.69, 9.17) is 9.47 Å². The summed E-state index contributed by atoms with van der Waals surface area (Å²) in [6.45, 7) is 0. The zero-order valence-electron chi connectivity index (χ0n) is 26.7. The van der Waals surface area contributed by atoms with Crippen molar-refractivity contribution in [2.45, 2.75) is 36.3 Å². The number of benzene rings is 5. The van der Waals surface area contributed by atoms with Crippen LogP contribution in [0, 0.1) is 0 Å². The maximum atomic E-state index is 12.1. The zero-order valence-corrected chi connectivity index (χ0v) is 26.7. The minimum Gasteiger partial charge on any atom is -0.508 e. The molecule has 0 aliphatic carbocycles. The van der Waals surface area contributed by atoms with Crippen molar-refractivity contribution in [2.24, 2.45) is 0 Å². The van der Waals surface area contributed by atoms with E-state index in [0.29, 0.717) is 0 Å². The van der Waals surface area contributed by atoms with E-state index in [0.717, 1.165) is 54.6 Å². The van der Waals surface area contributed by atoms with E-state index in [1.54, 1.807) is 0 Å². The highest BCUT2D eigenvalue weighted by Crippen LogP contribution is 2.61. The summed E-state index contributed by atoms with van der Waals surface area (Å²) < 4.78 is 12.1. The Kier molecular flexibility index (Phi) is 7.85. The molecule has 2 heterocycles. The maximum absolute atomic E-state index is 12.1. The molecule has 2 aliphatic heterocycles. The fraction of sp³-hybridized carbons (Fsp3) is 0.167. The summed E-state index contributed by atoms with van der Waals surface area (Å²) in [7, 11) is 0. The van der Waals surface area contributed by atoms with Crippen LogP contribution >= 0.6 is 0 Å². The van der Waals surface area contributed by atoms with Crippen molar-refractivity contribution in [1.82, 2.24) is 0 Å². The molecular weight excluding hydrogens is 704 g/mol. The second kappa shape index (κ2) is 12.1. The molecule has 0 saturated heterocycles. The molecule has 53 heavy (non-hydrogen) atoms. The van der Waals surface area contributed by atoms with Crippen LogP contribution in [0.4, 0.5) is 0 Å². The third-order valence-electron chi connectivity index (χ3n) is 9.43. The van der Waals surface area contributed by atoms with Gasteiger partial charge in [-0.05, 0) is 24.3 Å². The first-order chi connectivity index (χ1) is 25.0. The van der Waals surface area contributed by atoms with Crippen LogP contribution in [0.1, 0.15) is 57.4 Å². The highest BCUT2D eigenvalue weighted by Gasteiger charge is 2.50. The molecule has 2 aliphatic rings. The second-order valence-corrected chi connectivity index (χ2v) is 12.7. The Hall–Kier alpha value is -6.98. The van der Waals surface area contributed by atoms with Gasteiger partial charge in [0.15, 0.2) is 46.7 Å². The lowest BCUT2D eigenvalue weighted by Gasteiger charge is -2.42. The summed E-state index contributed by atoms with van der Waals surface area (Å²) in [4.78, 5) is 0. The lowest BCUT2D eigenvalue weighted by atomic mass is 9.74. The number of aliphatic hydroxyl groups is 2. The third-order valence-corrected chi connectivity index (χ3v) is 9.43. The van der Waals surface area contributed by atoms with Gasteiger partial charge >= 0.3 is 0 Å². The highest BCUT2D eigenvalue weighted by molar-refractivity contribution is 5.69. The van der Waals surface area contributed by atoms with Gasteiger partial charge in [-0.1, -0.05) is 0 Å². The van der Waals surface area contributed by atoms with E-state index < -0.39 is 133 Å². The van der Waals surface area contributed by atoms with Crippen LogP contribution in [0.25, 0.3) is 0 Å². The van der Waals surface area contributed by atoms with Crippen molar-refractivity contribution in [2.75, 3.05) is 0 Å². The van der Waals surface area contributed by atoms with Crippen LogP contribution in [0.3, 0.4) is 0 Å². The molecular formula is C36H30O17. The summed E-state index contributed by atoms with van der Waals surface area (Å²) >= 11 is 0. The molecule has 0 radical (unpaired) electrons. The van der Waals surface area contributed by atoms with Gasteiger partial charge in [0, 0.05) is 63.7 Å². The first kappa shape index (κ1) is 34.5. The molecule has 7 rings (SSSR count). The van der Waals surface area contributed by atoms with Gasteiger partial charge in [-0.3, -0.25) is 0 Å². The largest absolute Gasteiger partial charge is 0.508 e.